The summed E-state index contributed by atoms with van der Waals surface area (Å²) in [6.45, 7) is 5.19. The molecular formula is C26H30FN3O6S. The summed E-state index contributed by atoms with van der Waals surface area (Å²) in [5.41, 5.74) is -0.0229. The molecule has 0 aliphatic carbocycles. The van der Waals surface area contributed by atoms with Crippen molar-refractivity contribution in [3.05, 3.63) is 72.2 Å². The Bertz CT molecular complexity index is 1400. The number of amides is 2. The van der Waals surface area contributed by atoms with E-state index in [1.807, 2.05) is 20.8 Å². The third-order valence-corrected chi connectivity index (χ3v) is 7.22. The van der Waals surface area contributed by atoms with Gasteiger partial charge < -0.3 is 14.8 Å². The van der Waals surface area contributed by atoms with Gasteiger partial charge in [-0.3, -0.25) is 9.69 Å². The van der Waals surface area contributed by atoms with Crippen molar-refractivity contribution in [3.63, 3.8) is 0 Å². The predicted octanol–water partition coefficient (Wildman–Crippen LogP) is 4.02. The first-order valence-corrected chi connectivity index (χ1v) is 12.8. The smallest absolute Gasteiger partial charge is 0.410 e. The fourth-order valence-corrected chi connectivity index (χ4v) is 5.00. The molecule has 3 aromatic rings. The molecule has 1 heterocycles. The molecule has 0 radical (unpaired) electrons. The number of hydrogen-bond donors (Lipinski definition) is 1. The fraction of sp³-hybridized carbons (Fsp3) is 0.308. The van der Waals surface area contributed by atoms with Crippen molar-refractivity contribution in [3.8, 4) is 17.0 Å². The Morgan fingerprint density at radius 2 is 1.78 bits per heavy atom. The molecule has 2 aromatic carbocycles. The predicted molar refractivity (Wildman–Crippen MR) is 136 cm³/mol. The average Bonchev–Trinajstić information content (AvgIpc) is 3.30. The first-order valence-electron chi connectivity index (χ1n) is 11.4. The van der Waals surface area contributed by atoms with Gasteiger partial charge in [-0.05, 0) is 56.7 Å². The molecule has 37 heavy (non-hydrogen) atoms. The van der Waals surface area contributed by atoms with E-state index >= 15 is 0 Å². The monoisotopic (exact) mass is 531 g/mol. The minimum atomic E-state index is -4.24. The molecule has 0 bridgehead atoms. The van der Waals surface area contributed by atoms with Gasteiger partial charge >= 0.3 is 6.09 Å². The maximum atomic E-state index is 14.8. The van der Waals surface area contributed by atoms with E-state index in [4.69, 9.17) is 9.47 Å². The number of halogens is 1. The highest BCUT2D eigenvalue weighted by molar-refractivity contribution is 7.90. The summed E-state index contributed by atoms with van der Waals surface area (Å²) in [5, 5.41) is 2.42. The molecule has 11 heteroatoms. The van der Waals surface area contributed by atoms with Crippen LogP contribution in [0.5, 0.6) is 5.75 Å². The number of nitrogens with zero attached hydrogens (tertiary/aromatic N) is 2. The Kier molecular flexibility index (Phi) is 8.27. The molecule has 0 aliphatic heterocycles. The highest BCUT2D eigenvalue weighted by Crippen LogP contribution is 2.31. The number of likely N-dealkylation sites (N-methyl/N-ethyl adjacent to an activating group) is 1. The van der Waals surface area contributed by atoms with Gasteiger partial charge in [0.1, 0.15) is 11.6 Å². The Morgan fingerprint density at radius 1 is 1.08 bits per heavy atom. The zero-order valence-electron chi connectivity index (χ0n) is 21.3. The molecule has 0 unspecified atom stereocenters. The zero-order valence-corrected chi connectivity index (χ0v) is 22.1. The van der Waals surface area contributed by atoms with Gasteiger partial charge in [0.15, 0.2) is 6.61 Å². The quantitative estimate of drug-likeness (QED) is 0.471. The molecule has 9 nitrogen and oxygen atoms in total. The van der Waals surface area contributed by atoms with Crippen LogP contribution >= 0.6 is 0 Å². The summed E-state index contributed by atoms with van der Waals surface area (Å²) in [4.78, 5) is 25.3. The summed E-state index contributed by atoms with van der Waals surface area (Å²) in [6, 6.07) is 13.0. The Balaban J connectivity index is 2.12. The molecular weight excluding hydrogens is 501 g/mol. The number of methoxy groups -OCH3 is 1. The van der Waals surface area contributed by atoms with E-state index in [9.17, 15) is 22.4 Å². The van der Waals surface area contributed by atoms with Crippen molar-refractivity contribution >= 4 is 22.0 Å². The van der Waals surface area contributed by atoms with E-state index in [0.717, 1.165) is 3.97 Å². The number of rotatable bonds is 8. The van der Waals surface area contributed by atoms with Crippen LogP contribution in [0.4, 0.5) is 9.18 Å². The maximum Gasteiger partial charge on any atom is 0.410 e. The van der Waals surface area contributed by atoms with Crippen LogP contribution in [0.2, 0.25) is 0 Å². The summed E-state index contributed by atoms with van der Waals surface area (Å²) in [6.07, 6.45) is 0.771. The van der Waals surface area contributed by atoms with Crippen LogP contribution in [0.15, 0.2) is 65.7 Å². The van der Waals surface area contributed by atoms with Gasteiger partial charge in [-0.2, -0.15) is 0 Å². The molecule has 1 N–H and O–H groups in total. The van der Waals surface area contributed by atoms with Crippen LogP contribution in [-0.4, -0.2) is 55.6 Å². The summed E-state index contributed by atoms with van der Waals surface area (Å²) >= 11 is 0. The second-order valence-corrected chi connectivity index (χ2v) is 11.0. The number of nitrogens with one attached hydrogen (secondary N) is 1. The normalized spacial score (nSPS) is 11.6. The lowest BCUT2D eigenvalue weighted by Crippen LogP contribution is -2.44. The maximum absolute atomic E-state index is 14.8. The number of carbonyl (C=O) groups excluding carboxylic acids is 2. The topological polar surface area (TPSA) is 107 Å². The van der Waals surface area contributed by atoms with Gasteiger partial charge in [-0.25, -0.2) is 21.6 Å². The van der Waals surface area contributed by atoms with Crippen LogP contribution in [0, 0.1) is 5.82 Å². The van der Waals surface area contributed by atoms with Crippen molar-refractivity contribution < 1.29 is 31.9 Å². The Morgan fingerprint density at radius 3 is 2.41 bits per heavy atom. The van der Waals surface area contributed by atoms with E-state index in [-0.39, 0.29) is 41.0 Å². The summed E-state index contributed by atoms with van der Waals surface area (Å²) in [7, 11) is -1.52. The van der Waals surface area contributed by atoms with Crippen molar-refractivity contribution in [2.24, 2.45) is 0 Å². The lowest BCUT2D eigenvalue weighted by atomic mass is 10.1. The third-order valence-electron chi connectivity index (χ3n) is 5.55. The SMILES string of the molecule is CNC(=O)COc1cccc(S(=O)(=O)n2cc(CN(C(=O)OC)C(C)(C)C)cc2-c2ccccc2F)c1. The Hall–Kier alpha value is -3.86. The summed E-state index contributed by atoms with van der Waals surface area (Å²) < 4.78 is 53.6. The first-order chi connectivity index (χ1) is 17.4. The molecule has 198 valence electrons. The molecule has 0 spiro atoms. The zero-order chi connectivity index (χ0) is 27.4. The largest absolute Gasteiger partial charge is 0.484 e. The van der Waals surface area contributed by atoms with E-state index in [1.54, 1.807) is 6.07 Å². The standard InChI is InChI=1S/C26H30FN3O6S/c1-26(2,3)29(25(32)35-5)15-18-13-23(21-11-6-7-12-22(21)27)30(16-18)37(33,34)20-10-8-9-19(14-20)36-17-24(31)28-4/h6-14,16H,15,17H2,1-5H3,(H,28,31). The molecule has 0 atom stereocenters. The average molecular weight is 532 g/mol. The van der Waals surface area contributed by atoms with E-state index in [2.05, 4.69) is 5.32 Å². The molecule has 2 amide bonds. The van der Waals surface area contributed by atoms with E-state index < -0.39 is 27.5 Å². The van der Waals surface area contributed by atoms with Crippen molar-refractivity contribution in [2.45, 2.75) is 37.8 Å². The lowest BCUT2D eigenvalue weighted by Gasteiger charge is -2.34. The van der Waals surface area contributed by atoms with Crippen molar-refractivity contribution in [1.82, 2.24) is 14.2 Å². The van der Waals surface area contributed by atoms with Crippen LogP contribution in [0.1, 0.15) is 26.3 Å². The first kappa shape index (κ1) is 27.7. The van der Waals surface area contributed by atoms with Gasteiger partial charge in [0, 0.05) is 30.4 Å². The molecule has 0 fully saturated rings. The minimum absolute atomic E-state index is 0.0232. The molecule has 0 saturated heterocycles. The number of hydrogen-bond acceptors (Lipinski definition) is 6. The summed E-state index contributed by atoms with van der Waals surface area (Å²) in [5.74, 6) is -0.805. The van der Waals surface area contributed by atoms with E-state index in [0.29, 0.717) is 5.56 Å². The number of carbonyl (C=O) groups is 2. The number of benzene rings is 2. The van der Waals surface area contributed by atoms with Crippen molar-refractivity contribution in [1.29, 1.82) is 0 Å². The number of aromatic nitrogens is 1. The number of ether oxygens (including phenoxy) is 2. The van der Waals surface area contributed by atoms with Gasteiger partial charge in [0.25, 0.3) is 15.9 Å². The third kappa shape index (κ3) is 6.29. The van der Waals surface area contributed by atoms with Crippen molar-refractivity contribution in [2.75, 3.05) is 20.8 Å². The van der Waals surface area contributed by atoms with E-state index in [1.165, 1.54) is 73.8 Å². The van der Waals surface area contributed by atoms with Crippen LogP contribution < -0.4 is 10.1 Å². The van der Waals surface area contributed by atoms with Gasteiger partial charge in [-0.1, -0.05) is 18.2 Å². The van der Waals surface area contributed by atoms with Crippen LogP contribution in [0.25, 0.3) is 11.3 Å². The van der Waals surface area contributed by atoms with Crippen LogP contribution in [0.3, 0.4) is 0 Å². The second kappa shape index (κ2) is 11.0. The fourth-order valence-electron chi connectivity index (χ4n) is 3.57. The lowest BCUT2D eigenvalue weighted by molar-refractivity contribution is -0.122. The molecule has 0 saturated carbocycles. The minimum Gasteiger partial charge on any atom is -0.484 e. The van der Waals surface area contributed by atoms with Gasteiger partial charge in [0.05, 0.1) is 24.2 Å². The molecule has 3 rings (SSSR count). The van der Waals surface area contributed by atoms with Gasteiger partial charge in [0.2, 0.25) is 0 Å². The second-order valence-electron chi connectivity index (χ2n) is 9.18. The Labute approximate surface area is 215 Å². The molecule has 1 aromatic heterocycles. The van der Waals surface area contributed by atoms with Gasteiger partial charge in [-0.15, -0.1) is 0 Å². The highest BCUT2D eigenvalue weighted by Gasteiger charge is 2.30. The molecule has 0 aliphatic rings. The van der Waals surface area contributed by atoms with Crippen LogP contribution in [-0.2, 0) is 26.1 Å². The highest BCUT2D eigenvalue weighted by atomic mass is 32.2.